The average molecular weight is 462 g/mol. The van der Waals surface area contributed by atoms with E-state index in [2.05, 4.69) is 29.2 Å². The summed E-state index contributed by atoms with van der Waals surface area (Å²) in [5, 5.41) is 7.47. The lowest BCUT2D eigenvalue weighted by Gasteiger charge is -2.31. The Kier molecular flexibility index (Phi) is 7.74. The summed E-state index contributed by atoms with van der Waals surface area (Å²) in [7, 11) is -1.59. The average Bonchev–Trinajstić information content (AvgIpc) is 2.99. The van der Waals surface area contributed by atoms with Crippen LogP contribution in [0.2, 0.25) is 0 Å². The SMILES string of the molecule is Cc1nn(CC(C)C)c(C)c1CCC(=O)Nc1cccc(S(=O)(=O)N2CCN(C)CC2)c1. The molecule has 2 aromatic rings. The van der Waals surface area contributed by atoms with Crippen molar-refractivity contribution < 1.29 is 13.2 Å². The van der Waals surface area contributed by atoms with Crippen molar-refractivity contribution in [1.82, 2.24) is 19.0 Å². The van der Waals surface area contributed by atoms with Crippen LogP contribution in [0.5, 0.6) is 0 Å². The highest BCUT2D eigenvalue weighted by Gasteiger charge is 2.27. The van der Waals surface area contributed by atoms with Crippen LogP contribution >= 0.6 is 0 Å². The number of hydrogen-bond donors (Lipinski definition) is 1. The zero-order chi connectivity index (χ0) is 23.5. The molecular formula is C23H35N5O3S. The minimum absolute atomic E-state index is 0.144. The molecule has 0 unspecified atom stereocenters. The molecule has 9 heteroatoms. The van der Waals surface area contributed by atoms with E-state index in [1.165, 1.54) is 4.31 Å². The van der Waals surface area contributed by atoms with E-state index < -0.39 is 10.0 Å². The molecule has 0 spiro atoms. The molecule has 0 bridgehead atoms. The van der Waals surface area contributed by atoms with Crippen LogP contribution in [0.15, 0.2) is 29.2 Å². The first-order valence-electron chi connectivity index (χ1n) is 11.2. The number of carbonyl (C=O) groups is 1. The number of rotatable bonds is 8. The van der Waals surface area contributed by atoms with Gasteiger partial charge in [0.05, 0.1) is 10.6 Å². The van der Waals surface area contributed by atoms with Crippen molar-refractivity contribution in [1.29, 1.82) is 0 Å². The Bertz CT molecular complexity index is 1050. The predicted molar refractivity (Wildman–Crippen MR) is 126 cm³/mol. The third kappa shape index (κ3) is 5.76. The van der Waals surface area contributed by atoms with Gasteiger partial charge >= 0.3 is 0 Å². The van der Waals surface area contributed by atoms with Crippen molar-refractivity contribution in [3.05, 3.63) is 41.2 Å². The van der Waals surface area contributed by atoms with Crippen LogP contribution in [0.4, 0.5) is 5.69 Å². The van der Waals surface area contributed by atoms with Crippen LogP contribution in [-0.4, -0.2) is 66.5 Å². The molecular weight excluding hydrogens is 426 g/mol. The molecule has 1 aliphatic rings. The number of sulfonamides is 1. The van der Waals surface area contributed by atoms with Gasteiger partial charge in [0.2, 0.25) is 15.9 Å². The maximum absolute atomic E-state index is 13.0. The molecule has 0 saturated carbocycles. The molecule has 2 heterocycles. The van der Waals surface area contributed by atoms with Gasteiger partial charge in [-0.3, -0.25) is 9.48 Å². The topological polar surface area (TPSA) is 87.5 Å². The summed E-state index contributed by atoms with van der Waals surface area (Å²) in [4.78, 5) is 14.9. The molecule has 1 N–H and O–H groups in total. The Morgan fingerprint density at radius 1 is 1.16 bits per heavy atom. The number of aromatic nitrogens is 2. The Morgan fingerprint density at radius 2 is 1.84 bits per heavy atom. The lowest BCUT2D eigenvalue weighted by atomic mass is 10.1. The molecule has 0 radical (unpaired) electrons. The summed E-state index contributed by atoms with van der Waals surface area (Å²) in [6.45, 7) is 11.5. The second kappa shape index (κ2) is 10.1. The molecule has 1 aromatic heterocycles. The minimum atomic E-state index is -3.57. The minimum Gasteiger partial charge on any atom is -0.326 e. The molecule has 1 aromatic carbocycles. The van der Waals surface area contributed by atoms with Crippen LogP contribution in [0.3, 0.4) is 0 Å². The molecule has 3 rings (SSSR count). The Balaban J connectivity index is 1.64. The van der Waals surface area contributed by atoms with Crippen molar-refractivity contribution in [2.24, 2.45) is 5.92 Å². The normalized spacial score (nSPS) is 15.9. The Hall–Kier alpha value is -2.23. The molecule has 0 atom stereocenters. The predicted octanol–water partition coefficient (Wildman–Crippen LogP) is 2.66. The van der Waals surface area contributed by atoms with E-state index in [1.54, 1.807) is 24.3 Å². The van der Waals surface area contributed by atoms with Crippen molar-refractivity contribution in [2.75, 3.05) is 38.5 Å². The number of hydrogen-bond acceptors (Lipinski definition) is 5. The zero-order valence-electron chi connectivity index (χ0n) is 19.8. The first-order chi connectivity index (χ1) is 15.1. The fourth-order valence-electron chi connectivity index (χ4n) is 3.99. The molecule has 1 saturated heterocycles. The highest BCUT2D eigenvalue weighted by atomic mass is 32.2. The van der Waals surface area contributed by atoms with Gasteiger partial charge in [0.15, 0.2) is 0 Å². The standard InChI is InChI=1S/C23H35N5O3S/c1-17(2)16-28-19(4)22(18(3)25-28)9-10-23(29)24-20-7-6-8-21(15-20)32(30,31)27-13-11-26(5)12-14-27/h6-8,15,17H,9-14,16H2,1-5H3,(H,24,29). The highest BCUT2D eigenvalue weighted by molar-refractivity contribution is 7.89. The van der Waals surface area contributed by atoms with E-state index in [1.807, 2.05) is 25.6 Å². The van der Waals surface area contributed by atoms with Crippen molar-refractivity contribution >= 4 is 21.6 Å². The first-order valence-corrected chi connectivity index (χ1v) is 12.6. The number of aryl methyl sites for hydroxylation is 1. The zero-order valence-corrected chi connectivity index (χ0v) is 20.6. The van der Waals surface area contributed by atoms with Gasteiger partial charge in [-0.25, -0.2) is 8.42 Å². The second-order valence-corrected chi connectivity index (χ2v) is 10.9. The summed E-state index contributed by atoms with van der Waals surface area (Å²) < 4.78 is 29.5. The van der Waals surface area contributed by atoms with Gasteiger partial charge in [0.25, 0.3) is 0 Å². The highest BCUT2D eigenvalue weighted by Crippen LogP contribution is 2.22. The van der Waals surface area contributed by atoms with Gasteiger partial charge in [-0.05, 0) is 57.0 Å². The van der Waals surface area contributed by atoms with Crippen molar-refractivity contribution in [2.45, 2.75) is 52.0 Å². The number of amides is 1. The van der Waals surface area contributed by atoms with E-state index in [9.17, 15) is 13.2 Å². The number of anilines is 1. The second-order valence-electron chi connectivity index (χ2n) is 9.01. The lowest BCUT2D eigenvalue weighted by Crippen LogP contribution is -2.47. The number of piperazine rings is 1. The summed E-state index contributed by atoms with van der Waals surface area (Å²) in [5.74, 6) is 0.355. The van der Waals surface area contributed by atoms with Gasteiger partial charge in [0, 0.05) is 50.5 Å². The monoisotopic (exact) mass is 461 g/mol. The molecule has 176 valence electrons. The van der Waals surface area contributed by atoms with Crippen LogP contribution in [0.25, 0.3) is 0 Å². The fraction of sp³-hybridized carbons (Fsp3) is 0.565. The maximum atomic E-state index is 13.0. The number of nitrogens with zero attached hydrogens (tertiary/aromatic N) is 4. The number of carbonyl (C=O) groups excluding carboxylic acids is 1. The van der Waals surface area contributed by atoms with Gasteiger partial charge in [-0.2, -0.15) is 9.40 Å². The third-order valence-corrected chi connectivity index (χ3v) is 7.78. The maximum Gasteiger partial charge on any atom is 0.243 e. The van der Waals surface area contributed by atoms with Crippen LogP contribution < -0.4 is 5.32 Å². The Morgan fingerprint density at radius 3 is 2.50 bits per heavy atom. The van der Waals surface area contributed by atoms with Gasteiger partial charge in [-0.15, -0.1) is 0 Å². The fourth-order valence-corrected chi connectivity index (χ4v) is 5.46. The van der Waals surface area contributed by atoms with Crippen LogP contribution in [0.1, 0.15) is 37.2 Å². The van der Waals surface area contributed by atoms with Gasteiger partial charge in [-0.1, -0.05) is 19.9 Å². The number of benzene rings is 1. The summed E-state index contributed by atoms with van der Waals surface area (Å²) in [6, 6.07) is 6.52. The van der Waals surface area contributed by atoms with Crippen molar-refractivity contribution in [3.63, 3.8) is 0 Å². The van der Waals surface area contributed by atoms with E-state index in [0.29, 0.717) is 50.6 Å². The molecule has 8 nitrogen and oxygen atoms in total. The van der Waals surface area contributed by atoms with E-state index in [0.717, 1.165) is 23.5 Å². The van der Waals surface area contributed by atoms with Gasteiger partial charge in [0.1, 0.15) is 0 Å². The molecule has 1 amide bonds. The lowest BCUT2D eigenvalue weighted by molar-refractivity contribution is -0.116. The van der Waals surface area contributed by atoms with E-state index in [4.69, 9.17) is 0 Å². The largest absolute Gasteiger partial charge is 0.326 e. The summed E-state index contributed by atoms with van der Waals surface area (Å²) >= 11 is 0. The van der Waals surface area contributed by atoms with Crippen LogP contribution in [0, 0.1) is 19.8 Å². The first kappa shape index (κ1) is 24.4. The van der Waals surface area contributed by atoms with Gasteiger partial charge < -0.3 is 10.2 Å². The molecule has 32 heavy (non-hydrogen) atoms. The molecule has 1 aliphatic heterocycles. The smallest absolute Gasteiger partial charge is 0.243 e. The van der Waals surface area contributed by atoms with E-state index >= 15 is 0 Å². The van der Waals surface area contributed by atoms with Crippen molar-refractivity contribution in [3.8, 4) is 0 Å². The molecule has 0 aliphatic carbocycles. The number of nitrogens with one attached hydrogen (secondary N) is 1. The third-order valence-electron chi connectivity index (χ3n) is 5.89. The number of likely N-dealkylation sites (N-methyl/N-ethyl adjacent to an activating group) is 1. The quantitative estimate of drug-likeness (QED) is 0.653. The van der Waals surface area contributed by atoms with Crippen LogP contribution in [-0.2, 0) is 27.8 Å². The molecule has 1 fully saturated rings. The Labute approximate surface area is 191 Å². The van der Waals surface area contributed by atoms with E-state index in [-0.39, 0.29) is 10.8 Å². The summed E-state index contributed by atoms with van der Waals surface area (Å²) in [5.41, 5.74) is 3.65. The summed E-state index contributed by atoms with van der Waals surface area (Å²) in [6.07, 6.45) is 0.908.